The van der Waals surface area contributed by atoms with Crippen LogP contribution in [0.25, 0.3) is 0 Å². The molecule has 0 fully saturated rings. The Morgan fingerprint density at radius 1 is 0.438 bits per heavy atom. The lowest BCUT2D eigenvalue weighted by Gasteiger charge is -2.12. The molecule has 48 heavy (non-hydrogen) atoms. The highest BCUT2D eigenvalue weighted by molar-refractivity contribution is 5.96. The average Bonchev–Trinajstić information content (AvgIpc) is 3.00. The van der Waals surface area contributed by atoms with Gasteiger partial charge < -0.3 is 41.7 Å². The quantitative estimate of drug-likeness (QED) is 0.0924. The van der Waals surface area contributed by atoms with Crippen LogP contribution in [0.4, 0.5) is 46.5 Å². The summed E-state index contributed by atoms with van der Waals surface area (Å²) < 4.78 is 0. The summed E-state index contributed by atoms with van der Waals surface area (Å²) in [7, 11) is 0. The predicted molar refractivity (Wildman–Crippen MR) is 169 cm³/mol. The van der Waals surface area contributed by atoms with E-state index < -0.39 is 23.9 Å². The lowest BCUT2D eigenvalue weighted by atomic mass is 10.1. The molecule has 0 aliphatic heterocycles. The van der Waals surface area contributed by atoms with E-state index in [0.717, 1.165) is 12.1 Å². The molecule has 0 amide bonds. The van der Waals surface area contributed by atoms with Crippen LogP contribution in [0.2, 0.25) is 0 Å². The first-order valence-electron chi connectivity index (χ1n) is 13.7. The third-order valence-electron chi connectivity index (χ3n) is 6.24. The van der Waals surface area contributed by atoms with Crippen LogP contribution >= 0.6 is 0 Å². The Hall–Kier alpha value is -7.24. The second-order valence-corrected chi connectivity index (χ2v) is 9.96. The summed E-state index contributed by atoms with van der Waals surface area (Å²) in [5.74, 6) is -4.28. The minimum atomic E-state index is -1.30. The lowest BCUT2D eigenvalue weighted by Crippen LogP contribution is -2.08. The number of nitrogens with one attached hydrogen (secondary N) is 4. The van der Waals surface area contributed by atoms with Crippen LogP contribution in [-0.2, 0) is 0 Å². The van der Waals surface area contributed by atoms with E-state index in [9.17, 15) is 39.6 Å². The second kappa shape index (κ2) is 13.4. The molecule has 0 spiro atoms. The van der Waals surface area contributed by atoms with E-state index in [4.69, 9.17) is 0 Å². The van der Waals surface area contributed by atoms with Crippen molar-refractivity contribution in [3.05, 3.63) is 94.6 Å². The number of carboxylic acid groups (broad SMARTS) is 4. The number of hydrogen-bond donors (Lipinski definition) is 8. The summed E-state index contributed by atoms with van der Waals surface area (Å²) >= 11 is 0. The SMILES string of the molecule is Cc1nc(Nc2cccc(Nc3nc(C)nc(Nc4cc(C(=O)O)cc(C(=O)O)c4)n3)c2)nc(Nc2cc(C(=O)O)cc(C(=O)O)c2)n1. The first-order chi connectivity index (χ1) is 22.8. The van der Waals surface area contributed by atoms with Crippen molar-refractivity contribution in [1.82, 2.24) is 29.9 Å². The zero-order valence-electron chi connectivity index (χ0n) is 24.9. The maximum Gasteiger partial charge on any atom is 0.335 e. The first-order valence-corrected chi connectivity index (χ1v) is 13.7. The Balaban J connectivity index is 1.34. The number of carbonyl (C=O) groups is 4. The Morgan fingerprint density at radius 2 is 0.729 bits per heavy atom. The fourth-order valence-corrected chi connectivity index (χ4v) is 4.27. The Kier molecular flexibility index (Phi) is 8.98. The predicted octanol–water partition coefficient (Wildman–Crippen LogP) is 4.44. The number of benzene rings is 3. The van der Waals surface area contributed by atoms with E-state index in [1.807, 2.05) is 0 Å². The molecule has 0 saturated heterocycles. The molecule has 18 heteroatoms. The van der Waals surface area contributed by atoms with Gasteiger partial charge >= 0.3 is 23.9 Å². The molecule has 3 aromatic carbocycles. The Bertz CT molecular complexity index is 1900. The van der Waals surface area contributed by atoms with Crippen LogP contribution in [0, 0.1) is 13.8 Å². The van der Waals surface area contributed by atoms with Gasteiger partial charge in [0.1, 0.15) is 11.6 Å². The smallest absolute Gasteiger partial charge is 0.335 e. The van der Waals surface area contributed by atoms with E-state index in [-0.39, 0.29) is 57.4 Å². The second-order valence-electron chi connectivity index (χ2n) is 9.96. The number of aromatic nitrogens is 6. The standard InChI is InChI=1S/C30H24N10O8/c1-13-31-27(39-29(33-13)37-21-8-15(23(41)42)6-16(9-21)24(43)44)35-19-4-3-5-20(12-19)36-28-32-14(2)34-30(40-28)38-22-10-17(25(45)46)7-18(11-22)26(47)48/h3-12H,1-2H3,(H,41,42)(H,43,44)(H,45,46)(H,47,48)(H2,31,33,35,37,39)(H2,32,34,36,38,40). The van der Waals surface area contributed by atoms with E-state index in [1.54, 1.807) is 38.1 Å². The van der Waals surface area contributed by atoms with Gasteiger partial charge in [0.25, 0.3) is 0 Å². The van der Waals surface area contributed by atoms with Gasteiger partial charge in [-0.25, -0.2) is 19.2 Å². The number of carboxylic acids is 4. The van der Waals surface area contributed by atoms with Crippen molar-refractivity contribution >= 4 is 70.4 Å². The molecular weight excluding hydrogens is 628 g/mol. The zero-order chi connectivity index (χ0) is 34.5. The monoisotopic (exact) mass is 652 g/mol. The molecule has 18 nitrogen and oxygen atoms in total. The van der Waals surface area contributed by atoms with E-state index in [2.05, 4.69) is 51.2 Å². The third-order valence-corrected chi connectivity index (χ3v) is 6.24. The summed E-state index contributed by atoms with van der Waals surface area (Å²) in [5.41, 5.74) is 0.427. The molecule has 0 radical (unpaired) electrons. The molecule has 242 valence electrons. The molecule has 0 unspecified atom stereocenters. The van der Waals surface area contributed by atoms with Gasteiger partial charge in [0, 0.05) is 22.7 Å². The van der Waals surface area contributed by atoms with Crippen LogP contribution in [0.3, 0.4) is 0 Å². The molecule has 0 bridgehead atoms. The van der Waals surface area contributed by atoms with Gasteiger partial charge in [-0.3, -0.25) is 0 Å². The molecule has 5 rings (SSSR count). The summed E-state index contributed by atoms with van der Waals surface area (Å²) in [6.07, 6.45) is 0. The molecule has 0 atom stereocenters. The summed E-state index contributed by atoms with van der Waals surface area (Å²) in [5, 5.41) is 49.2. The van der Waals surface area contributed by atoms with Crippen LogP contribution in [-0.4, -0.2) is 74.2 Å². The van der Waals surface area contributed by atoms with Crippen LogP contribution in [0.15, 0.2) is 60.7 Å². The van der Waals surface area contributed by atoms with E-state index in [1.165, 1.54) is 24.3 Å². The highest BCUT2D eigenvalue weighted by Gasteiger charge is 2.15. The average molecular weight is 653 g/mol. The number of nitrogens with zero attached hydrogens (tertiary/aromatic N) is 6. The normalized spacial score (nSPS) is 10.5. The van der Waals surface area contributed by atoms with Crippen molar-refractivity contribution < 1.29 is 39.6 Å². The minimum Gasteiger partial charge on any atom is -0.478 e. The number of anilines is 8. The van der Waals surface area contributed by atoms with Gasteiger partial charge in [0.15, 0.2) is 0 Å². The lowest BCUT2D eigenvalue weighted by molar-refractivity contribution is 0.0676. The van der Waals surface area contributed by atoms with Gasteiger partial charge in [-0.15, -0.1) is 0 Å². The minimum absolute atomic E-state index is 0.0308. The molecule has 8 N–H and O–H groups in total. The van der Waals surface area contributed by atoms with Crippen molar-refractivity contribution in [2.24, 2.45) is 0 Å². The summed E-state index contributed by atoms with van der Waals surface area (Å²) in [6.45, 7) is 3.23. The number of aromatic carboxylic acids is 4. The number of aryl methyl sites for hydroxylation is 2. The van der Waals surface area contributed by atoms with Crippen molar-refractivity contribution in [2.75, 3.05) is 21.3 Å². The molecule has 5 aromatic rings. The molecular formula is C30H24N10O8. The molecule has 2 heterocycles. The van der Waals surface area contributed by atoms with Gasteiger partial charge in [-0.05, 0) is 68.4 Å². The van der Waals surface area contributed by atoms with Gasteiger partial charge in [0.2, 0.25) is 23.8 Å². The van der Waals surface area contributed by atoms with Crippen LogP contribution in [0.5, 0.6) is 0 Å². The van der Waals surface area contributed by atoms with Gasteiger partial charge in [-0.2, -0.15) is 29.9 Å². The maximum absolute atomic E-state index is 11.5. The van der Waals surface area contributed by atoms with Gasteiger partial charge in [-0.1, -0.05) is 6.07 Å². The van der Waals surface area contributed by atoms with Crippen molar-refractivity contribution in [1.29, 1.82) is 0 Å². The fraction of sp³-hybridized carbons (Fsp3) is 0.0667. The van der Waals surface area contributed by atoms with Crippen LogP contribution < -0.4 is 21.3 Å². The third kappa shape index (κ3) is 8.07. The van der Waals surface area contributed by atoms with Crippen LogP contribution in [0.1, 0.15) is 53.1 Å². The van der Waals surface area contributed by atoms with Crippen molar-refractivity contribution in [3.63, 3.8) is 0 Å². The van der Waals surface area contributed by atoms with E-state index >= 15 is 0 Å². The highest BCUT2D eigenvalue weighted by Crippen LogP contribution is 2.24. The highest BCUT2D eigenvalue weighted by atomic mass is 16.4. The molecule has 0 aliphatic carbocycles. The zero-order valence-corrected chi connectivity index (χ0v) is 24.9. The maximum atomic E-state index is 11.5. The largest absolute Gasteiger partial charge is 0.478 e. The van der Waals surface area contributed by atoms with Crippen molar-refractivity contribution in [3.8, 4) is 0 Å². The molecule has 2 aromatic heterocycles. The summed E-state index contributed by atoms with van der Waals surface area (Å²) in [6, 6.07) is 14.0. The fourth-order valence-electron chi connectivity index (χ4n) is 4.27. The summed E-state index contributed by atoms with van der Waals surface area (Å²) in [4.78, 5) is 71.5. The molecule has 0 aliphatic rings. The topological polar surface area (TPSA) is 275 Å². The number of hydrogen-bond acceptors (Lipinski definition) is 14. The first kappa shape index (κ1) is 32.2. The number of rotatable bonds is 12. The molecule has 0 saturated carbocycles. The van der Waals surface area contributed by atoms with Gasteiger partial charge in [0.05, 0.1) is 22.3 Å². The van der Waals surface area contributed by atoms with E-state index in [0.29, 0.717) is 23.0 Å². The van der Waals surface area contributed by atoms with Crippen molar-refractivity contribution in [2.45, 2.75) is 13.8 Å². The Labute approximate surface area is 269 Å². The Morgan fingerprint density at radius 3 is 1.02 bits per heavy atom.